The van der Waals surface area contributed by atoms with Crippen LogP contribution in [0.1, 0.15) is 21.9 Å². The van der Waals surface area contributed by atoms with Gasteiger partial charge in [-0.2, -0.15) is 10.1 Å². The maximum absolute atomic E-state index is 12.7. The van der Waals surface area contributed by atoms with Gasteiger partial charge in [-0.3, -0.25) is 9.89 Å². The lowest BCUT2D eigenvalue weighted by Crippen LogP contribution is -2.26. The first-order valence-electron chi connectivity index (χ1n) is 8.83. The quantitative estimate of drug-likeness (QED) is 0.578. The van der Waals surface area contributed by atoms with Crippen molar-refractivity contribution in [2.75, 3.05) is 7.05 Å². The van der Waals surface area contributed by atoms with Crippen LogP contribution in [0.3, 0.4) is 0 Å². The smallest absolute Gasteiger partial charge is 0.272 e. The van der Waals surface area contributed by atoms with E-state index in [9.17, 15) is 4.79 Å². The number of hydrogen-bond acceptors (Lipinski definition) is 5. The van der Waals surface area contributed by atoms with Gasteiger partial charge in [0.1, 0.15) is 17.9 Å². The molecule has 0 bridgehead atoms. The van der Waals surface area contributed by atoms with Gasteiger partial charge in [0, 0.05) is 25.9 Å². The highest BCUT2D eigenvalue weighted by molar-refractivity contribution is 5.93. The van der Waals surface area contributed by atoms with Gasteiger partial charge in [-0.15, -0.1) is 0 Å². The molecule has 0 saturated carbocycles. The van der Waals surface area contributed by atoms with Crippen LogP contribution in [0, 0.1) is 6.92 Å². The number of carbonyl (C=O) groups is 1. The van der Waals surface area contributed by atoms with Gasteiger partial charge >= 0.3 is 0 Å². The number of aromatic amines is 1. The molecule has 28 heavy (non-hydrogen) atoms. The third-order valence-corrected chi connectivity index (χ3v) is 4.48. The first kappa shape index (κ1) is 17.7. The van der Waals surface area contributed by atoms with E-state index in [0.29, 0.717) is 23.1 Å². The summed E-state index contributed by atoms with van der Waals surface area (Å²) < 4.78 is 7.26. The molecule has 0 aliphatic carbocycles. The summed E-state index contributed by atoms with van der Waals surface area (Å²) in [7, 11) is 3.61. The van der Waals surface area contributed by atoms with Crippen LogP contribution in [-0.4, -0.2) is 42.8 Å². The summed E-state index contributed by atoms with van der Waals surface area (Å²) in [6, 6.07) is 13.5. The van der Waals surface area contributed by atoms with Crippen molar-refractivity contribution in [3.05, 3.63) is 65.8 Å². The molecule has 8 nitrogen and oxygen atoms in total. The molecule has 0 radical (unpaired) electrons. The van der Waals surface area contributed by atoms with E-state index in [1.54, 1.807) is 13.1 Å². The molecule has 4 aromatic rings. The number of nitrogens with one attached hydrogen (secondary N) is 1. The molecule has 0 aliphatic heterocycles. The maximum atomic E-state index is 12.7. The maximum Gasteiger partial charge on any atom is 0.272 e. The first-order valence-corrected chi connectivity index (χ1v) is 8.83. The van der Waals surface area contributed by atoms with Crippen molar-refractivity contribution >= 4 is 5.91 Å². The zero-order chi connectivity index (χ0) is 19.7. The van der Waals surface area contributed by atoms with Gasteiger partial charge in [0.2, 0.25) is 11.7 Å². The SMILES string of the molecule is Cc1cccc(-c2noc(CN(C)C(=O)c3cc(-c4cccn4C)n[nH]3)n2)c1. The second-order valence-electron chi connectivity index (χ2n) is 6.71. The largest absolute Gasteiger partial charge is 0.349 e. The summed E-state index contributed by atoms with van der Waals surface area (Å²) in [6.07, 6.45) is 1.93. The zero-order valence-electron chi connectivity index (χ0n) is 15.9. The van der Waals surface area contributed by atoms with Crippen LogP contribution in [0.15, 0.2) is 53.2 Å². The molecule has 8 heteroatoms. The summed E-state index contributed by atoms with van der Waals surface area (Å²) in [5.41, 5.74) is 4.03. The number of carbonyl (C=O) groups excluding carboxylic acids is 1. The van der Waals surface area contributed by atoms with Gasteiger partial charge in [0.15, 0.2) is 0 Å². The summed E-state index contributed by atoms with van der Waals surface area (Å²) in [4.78, 5) is 18.6. The lowest BCUT2D eigenvalue weighted by molar-refractivity contribution is 0.0763. The molecular formula is C20H20N6O2. The fourth-order valence-corrected chi connectivity index (χ4v) is 2.99. The zero-order valence-corrected chi connectivity index (χ0v) is 15.9. The van der Waals surface area contributed by atoms with Gasteiger partial charge in [0.25, 0.3) is 5.91 Å². The number of H-pyrrole nitrogens is 1. The second-order valence-corrected chi connectivity index (χ2v) is 6.71. The number of nitrogens with zero attached hydrogens (tertiary/aromatic N) is 5. The van der Waals surface area contributed by atoms with Crippen molar-refractivity contribution in [3.8, 4) is 22.8 Å². The molecule has 0 unspecified atom stereocenters. The van der Waals surface area contributed by atoms with Crippen LogP contribution < -0.4 is 0 Å². The average Bonchev–Trinajstić information content (AvgIpc) is 3.41. The van der Waals surface area contributed by atoms with Crippen molar-refractivity contribution in [3.63, 3.8) is 0 Å². The minimum atomic E-state index is -0.205. The molecule has 0 atom stereocenters. The highest BCUT2D eigenvalue weighted by atomic mass is 16.5. The van der Waals surface area contributed by atoms with E-state index in [4.69, 9.17) is 4.52 Å². The van der Waals surface area contributed by atoms with E-state index >= 15 is 0 Å². The van der Waals surface area contributed by atoms with Crippen molar-refractivity contribution in [1.29, 1.82) is 0 Å². The minimum Gasteiger partial charge on any atom is -0.349 e. The molecule has 0 saturated heterocycles. The monoisotopic (exact) mass is 376 g/mol. The van der Waals surface area contributed by atoms with Crippen molar-refractivity contribution in [1.82, 2.24) is 29.8 Å². The van der Waals surface area contributed by atoms with Crippen LogP contribution >= 0.6 is 0 Å². The van der Waals surface area contributed by atoms with Gasteiger partial charge < -0.3 is 14.0 Å². The molecular weight excluding hydrogens is 356 g/mol. The van der Waals surface area contributed by atoms with Crippen LogP contribution in [0.5, 0.6) is 0 Å². The Morgan fingerprint density at radius 1 is 1.25 bits per heavy atom. The number of amides is 1. The topological polar surface area (TPSA) is 92.8 Å². The molecule has 142 valence electrons. The van der Waals surface area contributed by atoms with Crippen molar-refractivity contribution in [2.45, 2.75) is 13.5 Å². The normalized spacial score (nSPS) is 11.0. The van der Waals surface area contributed by atoms with Gasteiger partial charge in [0.05, 0.1) is 5.69 Å². The fraction of sp³-hybridized carbons (Fsp3) is 0.200. The summed E-state index contributed by atoms with van der Waals surface area (Å²) in [5, 5.41) is 11.1. The van der Waals surface area contributed by atoms with Gasteiger partial charge in [-0.1, -0.05) is 28.9 Å². The number of rotatable bonds is 5. The molecule has 0 spiro atoms. The lowest BCUT2D eigenvalue weighted by Gasteiger charge is -2.12. The number of aromatic nitrogens is 5. The first-order chi connectivity index (χ1) is 13.5. The number of hydrogen-bond donors (Lipinski definition) is 1. The number of benzene rings is 1. The minimum absolute atomic E-state index is 0.205. The Morgan fingerprint density at radius 2 is 2.11 bits per heavy atom. The third kappa shape index (κ3) is 3.44. The molecule has 0 fully saturated rings. The fourth-order valence-electron chi connectivity index (χ4n) is 2.99. The Kier molecular flexibility index (Phi) is 4.52. The van der Waals surface area contributed by atoms with Gasteiger partial charge in [-0.05, 0) is 31.2 Å². The standard InChI is InChI=1S/C20H20N6O2/c1-13-6-4-7-14(10-13)19-21-18(28-24-19)12-26(3)20(27)16-11-15(22-23-16)17-8-5-9-25(17)2/h4-11H,12H2,1-3H3,(H,22,23). The third-order valence-electron chi connectivity index (χ3n) is 4.48. The Bertz CT molecular complexity index is 1120. The van der Waals surface area contributed by atoms with Crippen molar-refractivity contribution < 1.29 is 9.32 Å². The second kappa shape index (κ2) is 7.15. The van der Waals surface area contributed by atoms with Crippen LogP contribution in [0.4, 0.5) is 0 Å². The molecule has 3 heterocycles. The Labute approximate surface area is 161 Å². The predicted octanol–water partition coefficient (Wildman–Crippen LogP) is 3.05. The molecule has 0 aliphatic rings. The Morgan fingerprint density at radius 3 is 2.86 bits per heavy atom. The van der Waals surface area contributed by atoms with E-state index in [-0.39, 0.29) is 12.5 Å². The van der Waals surface area contributed by atoms with Crippen molar-refractivity contribution in [2.24, 2.45) is 7.05 Å². The lowest BCUT2D eigenvalue weighted by atomic mass is 10.1. The van der Waals surface area contributed by atoms with E-state index in [1.807, 2.05) is 61.1 Å². The van der Waals surface area contributed by atoms with Gasteiger partial charge in [-0.25, -0.2) is 0 Å². The van der Waals surface area contributed by atoms with E-state index in [1.165, 1.54) is 4.90 Å². The number of aryl methyl sites for hydroxylation is 2. The highest BCUT2D eigenvalue weighted by Crippen LogP contribution is 2.20. The molecule has 1 N–H and O–H groups in total. The summed E-state index contributed by atoms with van der Waals surface area (Å²) >= 11 is 0. The summed E-state index contributed by atoms with van der Waals surface area (Å²) in [6.45, 7) is 2.21. The van der Waals surface area contributed by atoms with Crippen LogP contribution in [0.2, 0.25) is 0 Å². The molecule has 1 amide bonds. The summed E-state index contributed by atoms with van der Waals surface area (Å²) in [5.74, 6) is 0.671. The van der Waals surface area contributed by atoms with Crippen LogP contribution in [0.25, 0.3) is 22.8 Å². The van der Waals surface area contributed by atoms with E-state index in [0.717, 1.165) is 16.8 Å². The highest BCUT2D eigenvalue weighted by Gasteiger charge is 2.19. The average molecular weight is 376 g/mol. The van der Waals surface area contributed by atoms with E-state index < -0.39 is 0 Å². The van der Waals surface area contributed by atoms with Crippen LogP contribution in [-0.2, 0) is 13.6 Å². The van der Waals surface area contributed by atoms with E-state index in [2.05, 4.69) is 20.3 Å². The molecule has 4 rings (SSSR count). The molecule has 3 aromatic heterocycles. The predicted molar refractivity (Wildman–Crippen MR) is 103 cm³/mol. The Hall–Kier alpha value is -3.68. The Balaban J connectivity index is 1.47. The molecule has 1 aromatic carbocycles.